The molecule has 0 radical (unpaired) electrons. The monoisotopic (exact) mass is 511 g/mol. The van der Waals surface area contributed by atoms with Gasteiger partial charge in [-0.15, -0.1) is 0 Å². The molecule has 0 bridgehead atoms. The van der Waals surface area contributed by atoms with E-state index in [0.717, 1.165) is 22.7 Å². The second-order valence-electron chi connectivity index (χ2n) is 9.37. The summed E-state index contributed by atoms with van der Waals surface area (Å²) in [6.45, 7) is 3.57. The Morgan fingerprint density at radius 1 is 1.11 bits per heavy atom. The number of hydrogen-bond donors (Lipinski definition) is 1. The molecule has 4 aromatic heterocycles. The molecular weight excluding hydrogens is 489 g/mol. The lowest BCUT2D eigenvalue weighted by atomic mass is 10.1. The van der Waals surface area contributed by atoms with E-state index in [1.54, 1.807) is 17.2 Å². The molecule has 5 aromatic rings. The van der Waals surface area contributed by atoms with Crippen molar-refractivity contribution in [1.29, 1.82) is 0 Å². The van der Waals surface area contributed by atoms with Crippen LogP contribution < -0.4 is 10.9 Å². The fraction of sp³-hybridized carbons (Fsp3) is 0.185. The maximum Gasteiger partial charge on any atom is 0.280 e. The summed E-state index contributed by atoms with van der Waals surface area (Å²) in [5.41, 5.74) is 2.43. The van der Waals surface area contributed by atoms with Crippen molar-refractivity contribution in [2.45, 2.75) is 33.0 Å². The molecule has 190 valence electrons. The number of halogens is 1. The van der Waals surface area contributed by atoms with Crippen molar-refractivity contribution in [2.75, 3.05) is 5.32 Å². The van der Waals surface area contributed by atoms with Gasteiger partial charge in [0.1, 0.15) is 29.5 Å². The first-order chi connectivity index (χ1) is 18.3. The zero-order valence-corrected chi connectivity index (χ0v) is 20.6. The van der Waals surface area contributed by atoms with Crippen molar-refractivity contribution in [3.8, 4) is 11.3 Å². The number of anilines is 1. The largest absolute Gasteiger partial charge is 0.330 e. The normalized spacial score (nSPS) is 13.1. The van der Waals surface area contributed by atoms with Gasteiger partial charge in [0.15, 0.2) is 0 Å². The predicted octanol–water partition coefficient (Wildman–Crippen LogP) is 3.25. The molecule has 1 aliphatic heterocycles. The van der Waals surface area contributed by atoms with Crippen molar-refractivity contribution in [1.82, 2.24) is 29.0 Å². The molecule has 2 amide bonds. The van der Waals surface area contributed by atoms with Gasteiger partial charge >= 0.3 is 0 Å². The second kappa shape index (κ2) is 8.87. The molecule has 10 nitrogen and oxygen atoms in total. The Labute approximate surface area is 215 Å². The summed E-state index contributed by atoms with van der Waals surface area (Å²) in [6.07, 6.45) is 2.71. The molecule has 6 rings (SSSR count). The van der Waals surface area contributed by atoms with E-state index >= 15 is 0 Å². The third kappa shape index (κ3) is 3.88. The van der Waals surface area contributed by atoms with Gasteiger partial charge in [-0.3, -0.25) is 19.4 Å². The van der Waals surface area contributed by atoms with Crippen LogP contribution in [0.3, 0.4) is 0 Å². The van der Waals surface area contributed by atoms with E-state index in [1.807, 2.05) is 44.2 Å². The number of fused-ring (bicyclic) bond motifs is 3. The van der Waals surface area contributed by atoms with Crippen LogP contribution in [-0.2, 0) is 17.9 Å². The molecular formula is C27H22FN7O3. The molecule has 0 atom stereocenters. The molecule has 1 aromatic carbocycles. The number of rotatable bonds is 5. The van der Waals surface area contributed by atoms with E-state index in [2.05, 4.69) is 20.4 Å². The Morgan fingerprint density at radius 3 is 2.71 bits per heavy atom. The fourth-order valence-electron chi connectivity index (χ4n) is 4.71. The Hall–Kier alpha value is -4.93. The third-order valence-corrected chi connectivity index (χ3v) is 6.58. The SMILES string of the molecule is CC(C)N1Cc2c(n(CC(=O)Nc3ccc(F)cn3)c3cc(-c4ccc5ncccc5c4)nn3c2=O)C1=O. The maximum absolute atomic E-state index is 13.5. The molecule has 5 heterocycles. The molecule has 1 N–H and O–H groups in total. The van der Waals surface area contributed by atoms with Crippen LogP contribution in [0.25, 0.3) is 27.8 Å². The predicted molar refractivity (Wildman–Crippen MR) is 138 cm³/mol. The first kappa shape index (κ1) is 23.5. The van der Waals surface area contributed by atoms with E-state index in [9.17, 15) is 18.8 Å². The van der Waals surface area contributed by atoms with E-state index in [4.69, 9.17) is 0 Å². The summed E-state index contributed by atoms with van der Waals surface area (Å²) < 4.78 is 16.0. The summed E-state index contributed by atoms with van der Waals surface area (Å²) in [4.78, 5) is 49.7. The minimum absolute atomic E-state index is 0.124. The highest BCUT2D eigenvalue weighted by Crippen LogP contribution is 2.27. The number of nitrogens with one attached hydrogen (secondary N) is 1. The number of nitrogens with zero attached hydrogens (tertiary/aromatic N) is 6. The summed E-state index contributed by atoms with van der Waals surface area (Å²) in [7, 11) is 0. The van der Waals surface area contributed by atoms with E-state index in [0.29, 0.717) is 11.3 Å². The van der Waals surface area contributed by atoms with Gasteiger partial charge in [0.2, 0.25) is 5.91 Å². The zero-order chi connectivity index (χ0) is 26.6. The highest BCUT2D eigenvalue weighted by atomic mass is 19.1. The maximum atomic E-state index is 13.5. The summed E-state index contributed by atoms with van der Waals surface area (Å²) in [5.74, 6) is -1.19. The Balaban J connectivity index is 1.48. The van der Waals surface area contributed by atoms with Gasteiger partial charge in [-0.1, -0.05) is 12.1 Å². The number of amides is 2. The van der Waals surface area contributed by atoms with Crippen molar-refractivity contribution in [3.63, 3.8) is 0 Å². The van der Waals surface area contributed by atoms with Crippen LogP contribution in [-0.4, -0.2) is 46.9 Å². The molecule has 11 heteroatoms. The van der Waals surface area contributed by atoms with Crippen LogP contribution in [0.4, 0.5) is 10.2 Å². The number of carbonyl (C=O) groups is 2. The van der Waals surface area contributed by atoms with Gasteiger partial charge in [0.05, 0.1) is 29.5 Å². The van der Waals surface area contributed by atoms with E-state index in [-0.39, 0.29) is 42.1 Å². The Bertz CT molecular complexity index is 1810. The van der Waals surface area contributed by atoms with Crippen molar-refractivity contribution in [3.05, 3.63) is 88.4 Å². The van der Waals surface area contributed by atoms with Crippen LogP contribution in [0, 0.1) is 5.82 Å². The van der Waals surface area contributed by atoms with Crippen LogP contribution in [0.15, 0.2) is 65.7 Å². The average molecular weight is 512 g/mol. The smallest absolute Gasteiger partial charge is 0.280 e. The first-order valence-corrected chi connectivity index (χ1v) is 12.0. The average Bonchev–Trinajstić information content (AvgIpc) is 3.50. The van der Waals surface area contributed by atoms with Gasteiger partial charge in [-0.2, -0.15) is 9.61 Å². The quantitative estimate of drug-likeness (QED) is 0.388. The number of benzene rings is 1. The molecule has 38 heavy (non-hydrogen) atoms. The van der Waals surface area contributed by atoms with Crippen molar-refractivity contribution >= 4 is 34.2 Å². The standard InChI is InChI=1S/C27H22FN7O3/c1-15(2)33-13-19-25(27(33)38)34(14-23(36)31-22-8-6-18(28)12-30-22)24-11-21(32-35(24)26(19)37)17-5-7-20-16(10-17)4-3-9-29-20/h3-12,15H,13-14H2,1-2H3,(H,30,31,36). The van der Waals surface area contributed by atoms with Crippen LogP contribution >= 0.6 is 0 Å². The topological polar surface area (TPSA) is 114 Å². The minimum Gasteiger partial charge on any atom is -0.330 e. The van der Waals surface area contributed by atoms with Gasteiger partial charge in [-0.05, 0) is 44.2 Å². The van der Waals surface area contributed by atoms with Crippen LogP contribution in [0.5, 0.6) is 0 Å². The van der Waals surface area contributed by atoms with Gasteiger partial charge in [0.25, 0.3) is 11.5 Å². The van der Waals surface area contributed by atoms with Gasteiger partial charge in [0, 0.05) is 29.3 Å². The highest BCUT2D eigenvalue weighted by Gasteiger charge is 2.36. The lowest BCUT2D eigenvalue weighted by Crippen LogP contribution is -2.32. The molecule has 0 aliphatic carbocycles. The van der Waals surface area contributed by atoms with E-state index < -0.39 is 17.3 Å². The molecule has 0 saturated carbocycles. The molecule has 0 fully saturated rings. The lowest BCUT2D eigenvalue weighted by molar-refractivity contribution is -0.116. The van der Waals surface area contributed by atoms with Gasteiger partial charge in [-0.25, -0.2) is 9.37 Å². The van der Waals surface area contributed by atoms with Crippen LogP contribution in [0.1, 0.15) is 29.9 Å². The number of aromatic nitrogens is 5. The number of pyridine rings is 2. The minimum atomic E-state index is -0.529. The molecule has 0 spiro atoms. The molecule has 1 aliphatic rings. The second-order valence-corrected chi connectivity index (χ2v) is 9.37. The number of hydrogen-bond acceptors (Lipinski definition) is 6. The summed E-state index contributed by atoms with van der Waals surface area (Å²) in [5, 5.41) is 8.10. The van der Waals surface area contributed by atoms with E-state index in [1.165, 1.54) is 21.2 Å². The number of carbonyl (C=O) groups excluding carboxylic acids is 2. The third-order valence-electron chi connectivity index (χ3n) is 6.58. The zero-order valence-electron chi connectivity index (χ0n) is 20.6. The lowest BCUT2D eigenvalue weighted by Gasteiger charge is -2.20. The van der Waals surface area contributed by atoms with Crippen molar-refractivity contribution in [2.24, 2.45) is 0 Å². The van der Waals surface area contributed by atoms with Gasteiger partial charge < -0.3 is 14.8 Å². The van der Waals surface area contributed by atoms with Crippen LogP contribution in [0.2, 0.25) is 0 Å². The van der Waals surface area contributed by atoms with Crippen molar-refractivity contribution < 1.29 is 14.0 Å². The summed E-state index contributed by atoms with van der Waals surface area (Å²) >= 11 is 0. The molecule has 0 unspecified atom stereocenters. The Morgan fingerprint density at radius 2 is 1.95 bits per heavy atom. The Kier molecular flexibility index (Phi) is 5.48. The molecule has 0 saturated heterocycles. The first-order valence-electron chi connectivity index (χ1n) is 12.0. The fourth-order valence-corrected chi connectivity index (χ4v) is 4.71. The highest BCUT2D eigenvalue weighted by molar-refractivity contribution is 5.99. The summed E-state index contributed by atoms with van der Waals surface area (Å²) in [6, 6.07) is 13.5.